The first-order valence-corrected chi connectivity index (χ1v) is 9.36. The summed E-state index contributed by atoms with van der Waals surface area (Å²) in [6.07, 6.45) is 10.8. The smallest absolute Gasteiger partial charge is 0.165 e. The van der Waals surface area contributed by atoms with Gasteiger partial charge in [-0.1, -0.05) is 31.6 Å². The van der Waals surface area contributed by atoms with Crippen molar-refractivity contribution in [3.05, 3.63) is 35.4 Å². The topological polar surface area (TPSA) is 38.7 Å². The van der Waals surface area contributed by atoms with Crippen LogP contribution in [0.25, 0.3) is 0 Å². The minimum Gasteiger partial charge on any atom is -0.504 e. The van der Waals surface area contributed by atoms with Gasteiger partial charge >= 0.3 is 0 Å². The first kappa shape index (κ1) is 13.8. The third-order valence-corrected chi connectivity index (χ3v) is 8.32. The van der Waals surface area contributed by atoms with E-state index in [1.54, 1.807) is 0 Å². The van der Waals surface area contributed by atoms with E-state index in [2.05, 4.69) is 25.1 Å². The van der Waals surface area contributed by atoms with Crippen LogP contribution in [-0.2, 0) is 16.6 Å². The van der Waals surface area contributed by atoms with E-state index in [-0.39, 0.29) is 22.5 Å². The summed E-state index contributed by atoms with van der Waals surface area (Å²) in [5.41, 5.74) is 2.53. The maximum absolute atomic E-state index is 10.5. The first-order chi connectivity index (χ1) is 11.6. The minimum atomic E-state index is -0.371. The molecular formula is C21H24O3. The van der Waals surface area contributed by atoms with Gasteiger partial charge in [0.25, 0.3) is 0 Å². The van der Waals surface area contributed by atoms with Gasteiger partial charge in [-0.25, -0.2) is 0 Å². The van der Waals surface area contributed by atoms with Crippen LogP contribution >= 0.6 is 0 Å². The van der Waals surface area contributed by atoms with Crippen molar-refractivity contribution in [2.45, 2.75) is 56.1 Å². The summed E-state index contributed by atoms with van der Waals surface area (Å²) in [5, 5.41) is 10.5. The Morgan fingerprint density at radius 3 is 2.96 bits per heavy atom. The Morgan fingerprint density at radius 1 is 1.29 bits per heavy atom. The van der Waals surface area contributed by atoms with Crippen molar-refractivity contribution in [3.8, 4) is 11.5 Å². The van der Waals surface area contributed by atoms with Crippen molar-refractivity contribution in [2.24, 2.45) is 17.3 Å². The van der Waals surface area contributed by atoms with E-state index >= 15 is 0 Å². The zero-order chi connectivity index (χ0) is 16.3. The highest BCUT2D eigenvalue weighted by Gasteiger charge is 2.77. The molecule has 24 heavy (non-hydrogen) atoms. The molecule has 126 valence electrons. The molecular weight excluding hydrogens is 300 g/mol. The normalized spacial score (nSPS) is 49.0. The monoisotopic (exact) mass is 324 g/mol. The molecule has 7 rings (SSSR count). The second-order valence-corrected chi connectivity index (χ2v) is 8.75. The summed E-state index contributed by atoms with van der Waals surface area (Å²) in [6, 6.07) is 3.97. The zero-order valence-electron chi connectivity index (χ0n) is 14.3. The number of hydrogen-bond acceptors (Lipinski definition) is 3. The Balaban J connectivity index is 1.75. The Kier molecular flexibility index (Phi) is 2.21. The number of fused-ring (bicyclic) bond motifs is 1. The van der Waals surface area contributed by atoms with Gasteiger partial charge in [0, 0.05) is 23.5 Å². The minimum absolute atomic E-state index is 0.00512. The summed E-state index contributed by atoms with van der Waals surface area (Å²) in [5.74, 6) is 2.18. The van der Waals surface area contributed by atoms with Crippen LogP contribution in [0, 0.1) is 17.3 Å². The number of hydrogen-bond donors (Lipinski definition) is 1. The fourth-order valence-electron chi connectivity index (χ4n) is 7.52. The van der Waals surface area contributed by atoms with E-state index in [9.17, 15) is 5.11 Å². The van der Waals surface area contributed by atoms with E-state index in [0.29, 0.717) is 17.6 Å². The zero-order valence-corrected chi connectivity index (χ0v) is 14.3. The maximum atomic E-state index is 10.5. The van der Waals surface area contributed by atoms with Crippen molar-refractivity contribution in [1.82, 2.24) is 0 Å². The molecule has 0 aromatic heterocycles. The second-order valence-electron chi connectivity index (χ2n) is 8.75. The van der Waals surface area contributed by atoms with Crippen molar-refractivity contribution in [2.75, 3.05) is 7.11 Å². The third kappa shape index (κ3) is 1.09. The number of benzene rings is 1. The van der Waals surface area contributed by atoms with Crippen LogP contribution in [0.5, 0.6) is 11.5 Å². The summed E-state index contributed by atoms with van der Waals surface area (Å²) in [4.78, 5) is 0. The van der Waals surface area contributed by atoms with Gasteiger partial charge in [-0.2, -0.15) is 0 Å². The van der Waals surface area contributed by atoms with Crippen LogP contribution in [0.3, 0.4) is 0 Å². The van der Waals surface area contributed by atoms with Gasteiger partial charge < -0.3 is 14.6 Å². The second kappa shape index (κ2) is 3.85. The molecule has 1 N–H and O–H groups in total. The van der Waals surface area contributed by atoms with E-state index in [4.69, 9.17) is 9.47 Å². The Bertz CT molecular complexity index is 799. The van der Waals surface area contributed by atoms with Crippen LogP contribution in [0.4, 0.5) is 0 Å². The van der Waals surface area contributed by atoms with Crippen LogP contribution in [-0.4, -0.2) is 23.9 Å². The number of rotatable bonds is 1. The molecule has 3 heteroatoms. The van der Waals surface area contributed by atoms with Gasteiger partial charge in [-0.05, 0) is 49.1 Å². The van der Waals surface area contributed by atoms with Gasteiger partial charge in [0.2, 0.25) is 0 Å². The molecule has 0 amide bonds. The molecule has 6 atom stereocenters. The van der Waals surface area contributed by atoms with Crippen molar-refractivity contribution in [3.63, 3.8) is 0 Å². The van der Waals surface area contributed by atoms with Gasteiger partial charge in [0.15, 0.2) is 11.5 Å². The largest absolute Gasteiger partial charge is 0.504 e. The Hall–Kier alpha value is -1.48. The Labute approximate surface area is 142 Å². The van der Waals surface area contributed by atoms with Crippen LogP contribution < -0.4 is 4.74 Å². The lowest BCUT2D eigenvalue weighted by molar-refractivity contribution is -0.204. The van der Waals surface area contributed by atoms with Crippen molar-refractivity contribution >= 4 is 0 Å². The molecule has 1 aromatic rings. The number of methoxy groups -OCH3 is 1. The van der Waals surface area contributed by atoms with Gasteiger partial charge in [0.1, 0.15) is 11.7 Å². The number of phenolic OH excluding ortho intramolecular Hbond substituents is 1. The lowest BCUT2D eigenvalue weighted by Gasteiger charge is -2.69. The van der Waals surface area contributed by atoms with Gasteiger partial charge in [-0.15, -0.1) is 0 Å². The summed E-state index contributed by atoms with van der Waals surface area (Å²) < 4.78 is 12.7. The van der Waals surface area contributed by atoms with Crippen molar-refractivity contribution in [1.29, 1.82) is 0 Å². The quantitative estimate of drug-likeness (QED) is 0.800. The van der Waals surface area contributed by atoms with E-state index in [1.807, 2.05) is 13.2 Å². The molecule has 0 radical (unpaired) electrons. The third-order valence-electron chi connectivity index (χ3n) is 8.32. The molecule has 1 heterocycles. The number of aromatic hydroxyl groups is 1. The lowest BCUT2D eigenvalue weighted by atomic mass is 9.35. The van der Waals surface area contributed by atoms with Gasteiger partial charge in [-0.3, -0.25) is 0 Å². The maximum Gasteiger partial charge on any atom is 0.165 e. The van der Waals surface area contributed by atoms with Crippen molar-refractivity contribution < 1.29 is 14.6 Å². The van der Waals surface area contributed by atoms with Crippen LogP contribution in [0.15, 0.2) is 24.3 Å². The molecule has 2 saturated carbocycles. The molecule has 3 nitrogen and oxygen atoms in total. The average Bonchev–Trinajstić information content (AvgIpc) is 2.93. The predicted molar refractivity (Wildman–Crippen MR) is 90.3 cm³/mol. The van der Waals surface area contributed by atoms with E-state index < -0.39 is 0 Å². The van der Waals surface area contributed by atoms with Gasteiger partial charge in [0.05, 0.1) is 0 Å². The molecule has 4 bridgehead atoms. The summed E-state index contributed by atoms with van der Waals surface area (Å²) in [6.45, 7) is 2.32. The molecule has 1 aliphatic heterocycles. The first-order valence-electron chi connectivity index (χ1n) is 9.36. The predicted octanol–water partition coefficient (Wildman–Crippen LogP) is 3.73. The molecule has 2 spiro atoms. The summed E-state index contributed by atoms with van der Waals surface area (Å²) >= 11 is 0. The standard InChI is InChI=1S/C21H24O3/c1-12-11-19-8-9-21(12,23-2)18-20(19)7-3-4-14(19)10-13-5-6-15(22)17(24-18)16(13)20/h5-6,8-9,12,14,18,22H,3-4,7,10-11H2,1-2H3/t12-,14+,18+,19+,20-,21-/m1/s1. The lowest BCUT2D eigenvalue weighted by Crippen LogP contribution is -2.74. The SMILES string of the molecule is CO[C@]12C=C[C@]3(C[C@H]1C)[C@H]1CCC[C@]34c3c(ccc(O)c3O[C@H]24)C1. The number of ether oxygens (including phenoxy) is 2. The molecule has 0 saturated heterocycles. The molecule has 0 unspecified atom stereocenters. The van der Waals surface area contributed by atoms with Crippen LogP contribution in [0.2, 0.25) is 0 Å². The van der Waals surface area contributed by atoms with E-state index in [0.717, 1.165) is 18.6 Å². The molecule has 2 fully saturated rings. The Morgan fingerprint density at radius 2 is 2.17 bits per heavy atom. The highest BCUT2D eigenvalue weighted by molar-refractivity contribution is 5.64. The highest BCUT2D eigenvalue weighted by atomic mass is 16.6. The fraction of sp³-hybridized carbons (Fsp3) is 0.619. The fourth-order valence-corrected chi connectivity index (χ4v) is 7.52. The molecule has 6 aliphatic rings. The summed E-state index contributed by atoms with van der Waals surface area (Å²) in [7, 11) is 1.83. The van der Waals surface area contributed by atoms with E-state index in [1.165, 1.54) is 30.4 Å². The highest BCUT2D eigenvalue weighted by Crippen LogP contribution is 2.76. The number of allylic oxidation sites excluding steroid dienone is 1. The van der Waals surface area contributed by atoms with Crippen LogP contribution in [0.1, 0.15) is 43.7 Å². The average molecular weight is 324 g/mol. The number of phenols is 1. The molecule has 5 aliphatic carbocycles. The molecule has 1 aromatic carbocycles.